The molecule has 0 fully saturated rings. The smallest absolute Gasteiger partial charge is 0.214 e. The fourth-order valence-corrected chi connectivity index (χ4v) is 4.56. The van der Waals surface area contributed by atoms with E-state index in [0.29, 0.717) is 6.61 Å². The number of para-hydroxylation sites is 1. The van der Waals surface area contributed by atoms with Gasteiger partial charge in [0.2, 0.25) is 6.23 Å². The summed E-state index contributed by atoms with van der Waals surface area (Å²) in [7, 11) is 0. The standard InChI is InChI=1S/C29H24N2O2/c1-3-10-21(11-4-1)20-32-24-15-9-14-23(18-24)29-31-27(25-16-7-8-17-28(25)33-29)19-26(30-31)22-12-5-2-6-13-22/h1-18,27,29H,19-20H2/t27-,29+/m0/s1. The second-order valence-electron chi connectivity index (χ2n) is 8.37. The average Bonchev–Trinajstić information content (AvgIpc) is 3.34. The van der Waals surface area contributed by atoms with Crippen molar-refractivity contribution in [1.82, 2.24) is 5.01 Å². The molecule has 6 rings (SSSR count). The van der Waals surface area contributed by atoms with Gasteiger partial charge < -0.3 is 9.47 Å². The number of hydrazone groups is 1. The zero-order valence-electron chi connectivity index (χ0n) is 18.2. The molecular weight excluding hydrogens is 408 g/mol. The molecule has 0 bridgehead atoms. The third kappa shape index (κ3) is 3.85. The Morgan fingerprint density at radius 1 is 0.818 bits per heavy atom. The largest absolute Gasteiger partial charge is 0.489 e. The Balaban J connectivity index is 1.33. The van der Waals surface area contributed by atoms with E-state index in [4.69, 9.17) is 14.6 Å². The van der Waals surface area contributed by atoms with Crippen molar-refractivity contribution in [2.45, 2.75) is 25.3 Å². The third-order valence-electron chi connectivity index (χ3n) is 6.20. The van der Waals surface area contributed by atoms with Gasteiger partial charge in [-0.25, -0.2) is 5.01 Å². The molecular formula is C29H24N2O2. The highest BCUT2D eigenvalue weighted by molar-refractivity contribution is 6.01. The Morgan fingerprint density at radius 3 is 2.42 bits per heavy atom. The number of benzene rings is 4. The fourth-order valence-electron chi connectivity index (χ4n) is 4.56. The molecule has 33 heavy (non-hydrogen) atoms. The van der Waals surface area contributed by atoms with Crippen LogP contribution >= 0.6 is 0 Å². The van der Waals surface area contributed by atoms with Crippen LogP contribution in [-0.2, 0) is 6.61 Å². The first-order valence-corrected chi connectivity index (χ1v) is 11.3. The van der Waals surface area contributed by atoms with Crippen LogP contribution in [0.3, 0.4) is 0 Å². The van der Waals surface area contributed by atoms with Crippen LogP contribution in [0, 0.1) is 0 Å². The second-order valence-corrected chi connectivity index (χ2v) is 8.37. The molecule has 0 aromatic heterocycles. The highest BCUT2D eigenvalue weighted by Crippen LogP contribution is 2.47. The minimum absolute atomic E-state index is 0.143. The van der Waals surface area contributed by atoms with Crippen molar-refractivity contribution in [3.05, 3.63) is 131 Å². The number of hydrogen-bond donors (Lipinski definition) is 0. The third-order valence-corrected chi connectivity index (χ3v) is 6.20. The van der Waals surface area contributed by atoms with Crippen LogP contribution < -0.4 is 9.47 Å². The summed E-state index contributed by atoms with van der Waals surface area (Å²) in [5, 5.41) is 7.16. The Labute approximate surface area is 193 Å². The molecule has 0 spiro atoms. The lowest BCUT2D eigenvalue weighted by Crippen LogP contribution is -2.33. The average molecular weight is 433 g/mol. The Morgan fingerprint density at radius 2 is 1.58 bits per heavy atom. The summed E-state index contributed by atoms with van der Waals surface area (Å²) < 4.78 is 12.6. The molecule has 2 heterocycles. The summed E-state index contributed by atoms with van der Waals surface area (Å²) in [6.07, 6.45) is 0.539. The van der Waals surface area contributed by atoms with E-state index in [1.54, 1.807) is 0 Å². The van der Waals surface area contributed by atoms with E-state index in [0.717, 1.165) is 40.3 Å². The van der Waals surface area contributed by atoms with Crippen LogP contribution in [0.25, 0.3) is 0 Å². The predicted octanol–water partition coefficient (Wildman–Crippen LogP) is 6.51. The fraction of sp³-hybridized carbons (Fsp3) is 0.138. The van der Waals surface area contributed by atoms with E-state index in [-0.39, 0.29) is 12.3 Å². The van der Waals surface area contributed by atoms with Crippen molar-refractivity contribution in [3.8, 4) is 11.5 Å². The van der Waals surface area contributed by atoms with Crippen LogP contribution in [0.1, 0.15) is 40.9 Å². The predicted molar refractivity (Wildman–Crippen MR) is 129 cm³/mol. The lowest BCUT2D eigenvalue weighted by molar-refractivity contribution is -0.0191. The van der Waals surface area contributed by atoms with Crippen molar-refractivity contribution in [1.29, 1.82) is 0 Å². The Kier molecular flexibility index (Phi) is 5.04. The number of nitrogens with zero attached hydrogens (tertiary/aromatic N) is 2. The maximum absolute atomic E-state index is 6.50. The maximum Gasteiger partial charge on any atom is 0.214 e. The van der Waals surface area contributed by atoms with Crippen molar-refractivity contribution < 1.29 is 9.47 Å². The van der Waals surface area contributed by atoms with Crippen molar-refractivity contribution in [2.75, 3.05) is 0 Å². The summed E-state index contributed by atoms with van der Waals surface area (Å²) in [4.78, 5) is 0. The van der Waals surface area contributed by atoms with Gasteiger partial charge >= 0.3 is 0 Å². The summed E-state index contributed by atoms with van der Waals surface area (Å²) in [6, 6.07) is 37.2. The van der Waals surface area contributed by atoms with E-state index in [2.05, 4.69) is 71.7 Å². The highest BCUT2D eigenvalue weighted by atomic mass is 16.5. The zero-order chi connectivity index (χ0) is 22.0. The first-order valence-electron chi connectivity index (χ1n) is 11.3. The van der Waals surface area contributed by atoms with Crippen LogP contribution in [0.5, 0.6) is 11.5 Å². The van der Waals surface area contributed by atoms with Crippen molar-refractivity contribution >= 4 is 5.71 Å². The molecule has 0 amide bonds. The van der Waals surface area contributed by atoms with Gasteiger partial charge in [0, 0.05) is 17.5 Å². The number of fused-ring (bicyclic) bond motifs is 3. The monoisotopic (exact) mass is 432 g/mol. The van der Waals surface area contributed by atoms with Crippen LogP contribution in [-0.4, -0.2) is 10.7 Å². The number of ether oxygens (including phenoxy) is 2. The van der Waals surface area contributed by atoms with Gasteiger partial charge in [-0.3, -0.25) is 0 Å². The molecule has 0 saturated heterocycles. The summed E-state index contributed by atoms with van der Waals surface area (Å²) >= 11 is 0. The quantitative estimate of drug-likeness (QED) is 0.361. The molecule has 0 aliphatic carbocycles. The van der Waals surface area contributed by atoms with Crippen LogP contribution in [0.15, 0.2) is 114 Å². The molecule has 4 heteroatoms. The molecule has 4 aromatic carbocycles. The van der Waals surface area contributed by atoms with Gasteiger partial charge in [0.05, 0.1) is 11.8 Å². The molecule has 0 saturated carbocycles. The van der Waals surface area contributed by atoms with Gasteiger partial charge in [-0.1, -0.05) is 91.0 Å². The molecule has 0 radical (unpaired) electrons. The van der Waals surface area contributed by atoms with E-state index < -0.39 is 0 Å². The second kappa shape index (κ2) is 8.47. The maximum atomic E-state index is 6.50. The minimum atomic E-state index is -0.314. The molecule has 4 nitrogen and oxygen atoms in total. The SMILES string of the molecule is c1ccc(COc2cccc([C@H]3Oc4ccccc4[C@@H]4CC(c5ccccc5)=NN34)c2)cc1. The molecule has 0 N–H and O–H groups in total. The number of hydrogen-bond acceptors (Lipinski definition) is 4. The summed E-state index contributed by atoms with van der Waals surface area (Å²) in [6.45, 7) is 0.529. The van der Waals surface area contributed by atoms with Gasteiger partial charge in [0.15, 0.2) is 0 Å². The van der Waals surface area contributed by atoms with E-state index >= 15 is 0 Å². The summed E-state index contributed by atoms with van der Waals surface area (Å²) in [5.74, 6) is 1.74. The van der Waals surface area contributed by atoms with Crippen LogP contribution in [0.4, 0.5) is 0 Å². The summed E-state index contributed by atoms with van der Waals surface area (Å²) in [5.41, 5.74) is 5.59. The van der Waals surface area contributed by atoms with Gasteiger partial charge in [-0.15, -0.1) is 0 Å². The molecule has 162 valence electrons. The van der Waals surface area contributed by atoms with Gasteiger partial charge in [-0.05, 0) is 29.3 Å². The highest BCUT2D eigenvalue weighted by Gasteiger charge is 2.40. The van der Waals surface area contributed by atoms with Crippen LogP contribution in [0.2, 0.25) is 0 Å². The van der Waals surface area contributed by atoms with Gasteiger partial charge in [0.1, 0.15) is 18.1 Å². The van der Waals surface area contributed by atoms with E-state index in [1.807, 2.05) is 42.5 Å². The molecule has 0 unspecified atom stereocenters. The Bertz CT molecular complexity index is 1290. The van der Waals surface area contributed by atoms with Crippen molar-refractivity contribution in [3.63, 3.8) is 0 Å². The van der Waals surface area contributed by atoms with Gasteiger partial charge in [0.25, 0.3) is 0 Å². The molecule has 2 aliphatic heterocycles. The molecule has 2 atom stereocenters. The minimum Gasteiger partial charge on any atom is -0.489 e. The van der Waals surface area contributed by atoms with E-state index in [9.17, 15) is 0 Å². The molecule has 2 aliphatic rings. The first kappa shape index (κ1) is 19.6. The molecule has 4 aromatic rings. The van der Waals surface area contributed by atoms with Gasteiger partial charge in [-0.2, -0.15) is 5.10 Å². The van der Waals surface area contributed by atoms with E-state index in [1.165, 1.54) is 5.56 Å². The lowest BCUT2D eigenvalue weighted by atomic mass is 9.96. The van der Waals surface area contributed by atoms with Crippen molar-refractivity contribution in [2.24, 2.45) is 5.10 Å². The zero-order valence-corrected chi connectivity index (χ0v) is 18.2. The first-order chi connectivity index (χ1) is 16.3. The Hall–Kier alpha value is -4.05. The lowest BCUT2D eigenvalue weighted by Gasteiger charge is -2.38. The topological polar surface area (TPSA) is 34.1 Å². The normalized spacial score (nSPS) is 18.7. The number of rotatable bonds is 5.